The number of aromatic nitrogens is 4. The van der Waals surface area contributed by atoms with Gasteiger partial charge in [-0.15, -0.1) is 0 Å². The third-order valence-electron chi connectivity index (χ3n) is 2.37. The Labute approximate surface area is 108 Å². The van der Waals surface area contributed by atoms with Gasteiger partial charge in [0.25, 0.3) is 0 Å². The van der Waals surface area contributed by atoms with Crippen molar-refractivity contribution in [1.82, 2.24) is 19.5 Å². The lowest BCUT2D eigenvalue weighted by atomic mass is 10.5. The smallest absolute Gasteiger partial charge is 0.350 e. The van der Waals surface area contributed by atoms with Crippen LogP contribution < -0.4 is 5.32 Å². The highest BCUT2D eigenvalue weighted by molar-refractivity contribution is 7.51. The summed E-state index contributed by atoms with van der Waals surface area (Å²) >= 11 is 0. The van der Waals surface area contributed by atoms with Crippen LogP contribution in [0.4, 0.5) is 5.82 Å². The third-order valence-corrected chi connectivity index (χ3v) is 2.89. The molecule has 0 spiro atoms. The Bertz CT molecular complexity index is 610. The molecule has 0 aliphatic heterocycles. The Balaban J connectivity index is 2.04. The molecule has 0 unspecified atom stereocenters. The number of rotatable bonds is 6. The second-order valence-electron chi connectivity index (χ2n) is 3.78. The normalized spacial score (nSPS) is 11.9. The van der Waals surface area contributed by atoms with E-state index in [9.17, 15) is 4.57 Å². The summed E-state index contributed by atoms with van der Waals surface area (Å²) in [7, 11) is -2.38. The highest BCUT2D eigenvalue weighted by Crippen LogP contribution is 2.33. The lowest BCUT2D eigenvalue weighted by Gasteiger charge is -2.06. The molecule has 0 aromatic carbocycles. The summed E-state index contributed by atoms with van der Waals surface area (Å²) in [6.07, 6.45) is 2.42. The molecule has 19 heavy (non-hydrogen) atoms. The average Bonchev–Trinajstić information content (AvgIpc) is 2.76. The molecule has 0 saturated heterocycles. The van der Waals surface area contributed by atoms with E-state index >= 15 is 0 Å². The largest absolute Gasteiger partial charge is 0.371 e. The van der Waals surface area contributed by atoms with E-state index in [0.29, 0.717) is 23.5 Å². The Morgan fingerprint density at radius 2 is 2.21 bits per heavy atom. The fourth-order valence-corrected chi connectivity index (χ4v) is 1.94. The summed E-state index contributed by atoms with van der Waals surface area (Å²) in [4.78, 5) is 29.6. The van der Waals surface area contributed by atoms with Gasteiger partial charge in [-0.3, -0.25) is 4.57 Å². The van der Waals surface area contributed by atoms with Gasteiger partial charge in [0.2, 0.25) is 0 Å². The van der Waals surface area contributed by atoms with Crippen LogP contribution in [0.1, 0.15) is 0 Å². The van der Waals surface area contributed by atoms with Crippen molar-refractivity contribution in [2.45, 2.75) is 6.54 Å². The Morgan fingerprint density at radius 3 is 2.89 bits per heavy atom. The van der Waals surface area contributed by atoms with E-state index in [1.165, 1.54) is 6.33 Å². The summed E-state index contributed by atoms with van der Waals surface area (Å²) in [6.45, 7) is 0.562. The molecular weight excluding hydrogens is 273 g/mol. The van der Waals surface area contributed by atoms with Gasteiger partial charge >= 0.3 is 7.60 Å². The zero-order chi connectivity index (χ0) is 13.9. The number of hydrogen-bond donors (Lipinski definition) is 3. The Hall–Kier alpha value is -1.54. The van der Waals surface area contributed by atoms with E-state index in [1.807, 2.05) is 0 Å². The van der Waals surface area contributed by atoms with Gasteiger partial charge in [-0.25, -0.2) is 15.0 Å². The Kier molecular flexibility index (Phi) is 4.11. The standard InChI is InChI=1S/C9H14N5O4P/c1-10-8-7-9(12-4-11-8)14(5-13-7)2-3-18-6-19(15,16)17/h4-5H,2-3,6H2,1H3,(H,10,11,12)(H2,15,16,17). The van der Waals surface area contributed by atoms with Crippen LogP contribution in [0.3, 0.4) is 0 Å². The first-order valence-corrected chi connectivity index (χ1v) is 7.27. The molecule has 3 N–H and O–H groups in total. The zero-order valence-electron chi connectivity index (χ0n) is 10.2. The lowest BCUT2D eigenvalue weighted by molar-refractivity contribution is 0.149. The van der Waals surface area contributed by atoms with Gasteiger partial charge in [0.1, 0.15) is 18.2 Å². The number of nitrogens with one attached hydrogen (secondary N) is 1. The molecule has 0 saturated carbocycles. The van der Waals surface area contributed by atoms with E-state index < -0.39 is 13.9 Å². The van der Waals surface area contributed by atoms with Crippen molar-refractivity contribution >= 4 is 24.6 Å². The first kappa shape index (κ1) is 13.9. The summed E-state index contributed by atoms with van der Waals surface area (Å²) in [5.74, 6) is 0.625. The van der Waals surface area contributed by atoms with Gasteiger partial charge < -0.3 is 24.4 Å². The monoisotopic (exact) mass is 287 g/mol. The van der Waals surface area contributed by atoms with Crippen LogP contribution >= 0.6 is 7.60 Å². The molecule has 0 fully saturated rings. The van der Waals surface area contributed by atoms with Crippen molar-refractivity contribution in [3.05, 3.63) is 12.7 Å². The highest BCUT2D eigenvalue weighted by Gasteiger charge is 2.13. The molecule has 0 radical (unpaired) electrons. The van der Waals surface area contributed by atoms with Crippen molar-refractivity contribution in [3.63, 3.8) is 0 Å². The van der Waals surface area contributed by atoms with Crippen molar-refractivity contribution < 1.29 is 19.1 Å². The molecule has 0 bridgehead atoms. The van der Waals surface area contributed by atoms with E-state index in [-0.39, 0.29) is 6.61 Å². The molecule has 10 heteroatoms. The predicted molar refractivity (Wildman–Crippen MR) is 67.7 cm³/mol. The number of ether oxygens (including phenoxy) is 1. The minimum absolute atomic E-state index is 0.162. The fourth-order valence-electron chi connectivity index (χ4n) is 1.57. The second-order valence-corrected chi connectivity index (χ2v) is 5.37. The topological polar surface area (TPSA) is 122 Å². The quantitative estimate of drug-likeness (QED) is 0.502. The first-order valence-electron chi connectivity index (χ1n) is 5.47. The third kappa shape index (κ3) is 3.48. The molecule has 2 rings (SSSR count). The van der Waals surface area contributed by atoms with Crippen LogP contribution in [0.5, 0.6) is 0 Å². The van der Waals surface area contributed by atoms with Crippen LogP contribution in [-0.2, 0) is 15.8 Å². The van der Waals surface area contributed by atoms with E-state index in [4.69, 9.17) is 14.5 Å². The summed E-state index contributed by atoms with van der Waals surface area (Å²) in [5, 5.41) is 2.91. The molecule has 104 valence electrons. The molecule has 0 aliphatic rings. The highest BCUT2D eigenvalue weighted by atomic mass is 31.2. The number of nitrogens with zero attached hydrogens (tertiary/aromatic N) is 4. The Morgan fingerprint density at radius 1 is 1.42 bits per heavy atom. The molecule has 2 aromatic heterocycles. The minimum Gasteiger partial charge on any atom is -0.371 e. The predicted octanol–water partition coefficient (Wildman–Crippen LogP) is 0.0198. The van der Waals surface area contributed by atoms with Crippen LogP contribution in [0.2, 0.25) is 0 Å². The van der Waals surface area contributed by atoms with Crippen LogP contribution in [0.25, 0.3) is 11.2 Å². The molecule has 0 amide bonds. The van der Waals surface area contributed by atoms with Gasteiger partial charge in [-0.1, -0.05) is 0 Å². The lowest BCUT2D eigenvalue weighted by Crippen LogP contribution is -2.07. The van der Waals surface area contributed by atoms with Gasteiger partial charge in [-0.05, 0) is 0 Å². The molecule has 2 heterocycles. The molecule has 0 atom stereocenters. The first-order chi connectivity index (χ1) is 9.01. The molecular formula is C9H14N5O4P. The maximum absolute atomic E-state index is 10.6. The van der Waals surface area contributed by atoms with E-state index in [1.54, 1.807) is 17.9 Å². The average molecular weight is 287 g/mol. The fraction of sp³-hybridized carbons (Fsp3) is 0.444. The van der Waals surface area contributed by atoms with E-state index in [0.717, 1.165) is 0 Å². The van der Waals surface area contributed by atoms with Gasteiger partial charge in [0.05, 0.1) is 12.9 Å². The van der Waals surface area contributed by atoms with Crippen molar-refractivity contribution in [2.75, 3.05) is 25.3 Å². The van der Waals surface area contributed by atoms with Crippen molar-refractivity contribution in [2.24, 2.45) is 0 Å². The van der Waals surface area contributed by atoms with Crippen LogP contribution in [0, 0.1) is 0 Å². The van der Waals surface area contributed by atoms with Gasteiger partial charge in [-0.2, -0.15) is 0 Å². The second kappa shape index (κ2) is 5.62. The number of fused-ring (bicyclic) bond motifs is 1. The maximum atomic E-state index is 10.6. The maximum Gasteiger partial charge on any atom is 0.350 e. The molecule has 0 aliphatic carbocycles. The SMILES string of the molecule is CNc1ncnc2c1ncn2CCOCP(=O)(O)O. The van der Waals surface area contributed by atoms with Gasteiger partial charge in [0, 0.05) is 13.6 Å². The van der Waals surface area contributed by atoms with Crippen LogP contribution in [-0.4, -0.2) is 49.3 Å². The van der Waals surface area contributed by atoms with Gasteiger partial charge in [0.15, 0.2) is 11.5 Å². The van der Waals surface area contributed by atoms with E-state index in [2.05, 4.69) is 20.3 Å². The van der Waals surface area contributed by atoms with Crippen LogP contribution in [0.15, 0.2) is 12.7 Å². The number of imidazole rings is 1. The van der Waals surface area contributed by atoms with Crippen molar-refractivity contribution in [1.29, 1.82) is 0 Å². The zero-order valence-corrected chi connectivity index (χ0v) is 11.1. The molecule has 2 aromatic rings. The number of hydrogen-bond acceptors (Lipinski definition) is 6. The number of anilines is 1. The summed E-state index contributed by atoms with van der Waals surface area (Å²) < 4.78 is 17.2. The summed E-state index contributed by atoms with van der Waals surface area (Å²) in [6, 6.07) is 0. The molecule has 9 nitrogen and oxygen atoms in total. The summed E-state index contributed by atoms with van der Waals surface area (Å²) in [5.41, 5.74) is 1.28. The minimum atomic E-state index is -4.12. The van der Waals surface area contributed by atoms with Crippen molar-refractivity contribution in [3.8, 4) is 0 Å².